The van der Waals surface area contributed by atoms with Crippen LogP contribution in [0.4, 0.5) is 0 Å². The fraction of sp³-hybridized carbons (Fsp3) is 0.214. The zero-order chi connectivity index (χ0) is 14.0. The lowest BCUT2D eigenvalue weighted by atomic mass is 10.1. The second-order valence-corrected chi connectivity index (χ2v) is 4.34. The second-order valence-electron chi connectivity index (χ2n) is 4.34. The van der Waals surface area contributed by atoms with Gasteiger partial charge in [-0.3, -0.25) is 0 Å². The smallest absolute Gasteiger partial charge is 0.328 e. The minimum absolute atomic E-state index is 0.711. The van der Waals surface area contributed by atoms with Crippen LogP contribution in [0.1, 0.15) is 22.8 Å². The van der Waals surface area contributed by atoms with Crippen molar-refractivity contribution in [1.82, 2.24) is 14.8 Å². The third-order valence-corrected chi connectivity index (χ3v) is 2.75. The van der Waals surface area contributed by atoms with Crippen LogP contribution in [0.15, 0.2) is 24.3 Å². The zero-order valence-corrected chi connectivity index (χ0v) is 11.1. The minimum Gasteiger partial charge on any atom is -0.478 e. The van der Waals surface area contributed by atoms with Crippen molar-refractivity contribution < 1.29 is 9.90 Å². The molecular formula is C14H15N3O2. The maximum absolute atomic E-state index is 10.5. The van der Waals surface area contributed by atoms with Gasteiger partial charge in [0.1, 0.15) is 11.6 Å². The van der Waals surface area contributed by atoms with Gasteiger partial charge >= 0.3 is 5.97 Å². The van der Waals surface area contributed by atoms with Crippen molar-refractivity contribution in [1.29, 1.82) is 0 Å². The first kappa shape index (κ1) is 13.0. The predicted octanol–water partition coefficient (Wildman–Crippen LogP) is 2.29. The maximum atomic E-state index is 10.5. The number of hydrogen-bond donors (Lipinski definition) is 1. The molecule has 0 amide bonds. The molecule has 0 unspecified atom stereocenters. The number of aromatic nitrogens is 3. The van der Waals surface area contributed by atoms with E-state index in [1.165, 1.54) is 0 Å². The van der Waals surface area contributed by atoms with Crippen molar-refractivity contribution in [3.8, 4) is 5.69 Å². The summed E-state index contributed by atoms with van der Waals surface area (Å²) in [6.07, 6.45) is 2.68. The Morgan fingerprint density at radius 2 is 2.05 bits per heavy atom. The summed E-state index contributed by atoms with van der Waals surface area (Å²) in [5.74, 6) is 0.554. The van der Waals surface area contributed by atoms with E-state index in [4.69, 9.17) is 5.11 Å². The molecule has 2 rings (SSSR count). The van der Waals surface area contributed by atoms with Gasteiger partial charge in [-0.2, -0.15) is 5.10 Å². The van der Waals surface area contributed by atoms with Gasteiger partial charge in [-0.1, -0.05) is 12.1 Å². The maximum Gasteiger partial charge on any atom is 0.328 e. The van der Waals surface area contributed by atoms with Crippen LogP contribution in [-0.2, 0) is 4.79 Å². The first-order valence-electron chi connectivity index (χ1n) is 5.89. The molecule has 0 saturated carbocycles. The summed E-state index contributed by atoms with van der Waals surface area (Å²) in [4.78, 5) is 14.8. The molecule has 19 heavy (non-hydrogen) atoms. The summed E-state index contributed by atoms with van der Waals surface area (Å²) in [7, 11) is 0. The molecule has 0 aliphatic rings. The van der Waals surface area contributed by atoms with Crippen LogP contribution in [0.2, 0.25) is 0 Å². The third-order valence-electron chi connectivity index (χ3n) is 2.75. The van der Waals surface area contributed by atoms with Crippen molar-refractivity contribution in [2.45, 2.75) is 20.8 Å². The lowest BCUT2D eigenvalue weighted by molar-refractivity contribution is -0.131. The van der Waals surface area contributed by atoms with Crippen molar-refractivity contribution in [2.24, 2.45) is 0 Å². The van der Waals surface area contributed by atoms with Gasteiger partial charge in [-0.05, 0) is 44.0 Å². The Labute approximate surface area is 111 Å². The van der Waals surface area contributed by atoms with Crippen molar-refractivity contribution in [3.05, 3.63) is 47.1 Å². The quantitative estimate of drug-likeness (QED) is 0.856. The molecule has 0 aliphatic carbocycles. The van der Waals surface area contributed by atoms with E-state index in [0.29, 0.717) is 5.82 Å². The summed E-state index contributed by atoms with van der Waals surface area (Å²) in [5.41, 5.74) is 2.78. The number of rotatable bonds is 3. The highest BCUT2D eigenvalue weighted by Gasteiger charge is 2.08. The summed E-state index contributed by atoms with van der Waals surface area (Å²) >= 11 is 0. The van der Waals surface area contributed by atoms with Gasteiger partial charge in [-0.15, -0.1) is 0 Å². The van der Waals surface area contributed by atoms with Crippen molar-refractivity contribution >= 4 is 12.0 Å². The number of aliphatic carboxylic acids is 1. The van der Waals surface area contributed by atoms with E-state index in [9.17, 15) is 4.79 Å². The number of carboxylic acid groups (broad SMARTS) is 1. The lowest BCUT2D eigenvalue weighted by Gasteiger charge is -2.08. The molecule has 1 aromatic carbocycles. The highest BCUT2D eigenvalue weighted by Crippen LogP contribution is 2.18. The Morgan fingerprint density at radius 3 is 2.63 bits per heavy atom. The highest BCUT2D eigenvalue weighted by atomic mass is 16.4. The van der Waals surface area contributed by atoms with E-state index in [1.807, 2.05) is 39.0 Å². The minimum atomic E-state index is -0.963. The van der Waals surface area contributed by atoms with Crippen LogP contribution in [0.25, 0.3) is 11.8 Å². The molecule has 0 fully saturated rings. The Morgan fingerprint density at radius 1 is 1.32 bits per heavy atom. The summed E-state index contributed by atoms with van der Waals surface area (Å²) in [6.45, 7) is 5.71. The third kappa shape index (κ3) is 2.88. The number of nitrogens with zero attached hydrogens (tertiary/aromatic N) is 3. The van der Waals surface area contributed by atoms with Crippen LogP contribution < -0.4 is 0 Å². The van der Waals surface area contributed by atoms with Gasteiger partial charge in [0, 0.05) is 6.08 Å². The summed E-state index contributed by atoms with van der Waals surface area (Å²) in [6, 6.07) is 5.71. The van der Waals surface area contributed by atoms with E-state index in [2.05, 4.69) is 10.1 Å². The Balaban J connectivity index is 2.48. The van der Waals surface area contributed by atoms with Gasteiger partial charge in [0.2, 0.25) is 0 Å². The SMILES string of the molecule is Cc1nc(C)n(-c2cc(/C=C/C(=O)O)ccc2C)n1. The predicted molar refractivity (Wildman–Crippen MR) is 72.2 cm³/mol. The van der Waals surface area contributed by atoms with Gasteiger partial charge in [0.05, 0.1) is 5.69 Å². The van der Waals surface area contributed by atoms with Crippen molar-refractivity contribution in [2.75, 3.05) is 0 Å². The van der Waals surface area contributed by atoms with Gasteiger partial charge in [-0.25, -0.2) is 14.5 Å². The molecule has 0 saturated heterocycles. The number of benzene rings is 1. The van der Waals surface area contributed by atoms with Gasteiger partial charge in [0.25, 0.3) is 0 Å². The van der Waals surface area contributed by atoms with E-state index >= 15 is 0 Å². The average molecular weight is 257 g/mol. The fourth-order valence-electron chi connectivity index (χ4n) is 1.87. The first-order valence-corrected chi connectivity index (χ1v) is 5.89. The molecule has 1 N–H and O–H groups in total. The van der Waals surface area contributed by atoms with E-state index in [-0.39, 0.29) is 0 Å². The topological polar surface area (TPSA) is 68.0 Å². The molecule has 0 aliphatic heterocycles. The van der Waals surface area contributed by atoms with Gasteiger partial charge < -0.3 is 5.11 Å². The summed E-state index contributed by atoms with van der Waals surface area (Å²) < 4.78 is 1.77. The molecule has 5 heteroatoms. The van der Waals surface area contributed by atoms with Crippen LogP contribution in [-0.4, -0.2) is 25.8 Å². The van der Waals surface area contributed by atoms with E-state index in [0.717, 1.165) is 28.7 Å². The van der Waals surface area contributed by atoms with E-state index in [1.54, 1.807) is 10.8 Å². The normalized spacial score (nSPS) is 11.1. The number of hydrogen-bond acceptors (Lipinski definition) is 3. The molecule has 0 atom stereocenters. The zero-order valence-electron chi connectivity index (χ0n) is 11.1. The monoisotopic (exact) mass is 257 g/mol. The molecule has 5 nitrogen and oxygen atoms in total. The molecule has 0 bridgehead atoms. The molecule has 0 radical (unpaired) electrons. The fourth-order valence-corrected chi connectivity index (χ4v) is 1.87. The standard InChI is InChI=1S/C14H15N3O2/c1-9-4-5-12(6-7-14(18)19)8-13(9)17-11(3)15-10(2)16-17/h4-8H,1-3H3,(H,18,19)/b7-6+. The largest absolute Gasteiger partial charge is 0.478 e. The van der Waals surface area contributed by atoms with Crippen LogP contribution in [0.5, 0.6) is 0 Å². The Kier molecular flexibility index (Phi) is 3.46. The van der Waals surface area contributed by atoms with Crippen molar-refractivity contribution in [3.63, 3.8) is 0 Å². The van der Waals surface area contributed by atoms with Gasteiger partial charge in [0.15, 0.2) is 0 Å². The second kappa shape index (κ2) is 5.06. The number of aryl methyl sites for hydroxylation is 3. The number of carbonyl (C=O) groups is 1. The van der Waals surface area contributed by atoms with E-state index < -0.39 is 5.97 Å². The van der Waals surface area contributed by atoms with Crippen LogP contribution >= 0.6 is 0 Å². The molecule has 1 aromatic heterocycles. The summed E-state index contributed by atoms with van der Waals surface area (Å²) in [5, 5.41) is 13.0. The van der Waals surface area contributed by atoms with Crippen LogP contribution in [0, 0.1) is 20.8 Å². The molecule has 98 valence electrons. The molecule has 0 spiro atoms. The lowest BCUT2D eigenvalue weighted by Crippen LogP contribution is -2.02. The highest BCUT2D eigenvalue weighted by molar-refractivity contribution is 5.85. The van der Waals surface area contributed by atoms with Crippen LogP contribution in [0.3, 0.4) is 0 Å². The Hall–Kier alpha value is -2.43. The Bertz CT molecular complexity index is 657. The average Bonchev–Trinajstić information content (AvgIpc) is 2.67. The first-order chi connectivity index (χ1) is 8.97. The molecule has 2 aromatic rings. The molecule has 1 heterocycles. The number of carboxylic acids is 1. The molecular weight excluding hydrogens is 242 g/mol.